The number of hydrazine groups is 1. The molecule has 17 heavy (non-hydrogen) atoms. The second-order valence-electron chi connectivity index (χ2n) is 4.48. The first-order valence-electron chi connectivity index (χ1n) is 6.21. The highest BCUT2D eigenvalue weighted by Gasteiger charge is 2.14. The Balaban J connectivity index is 1.89. The van der Waals surface area contributed by atoms with Crippen LogP contribution in [0.3, 0.4) is 0 Å². The zero-order chi connectivity index (χ0) is 11.9. The van der Waals surface area contributed by atoms with Crippen LogP contribution in [-0.2, 0) is 0 Å². The monoisotopic (exact) mass is 232 g/mol. The minimum atomic E-state index is 0.642. The van der Waals surface area contributed by atoms with Crippen LogP contribution < -0.4 is 16.6 Å². The van der Waals surface area contributed by atoms with Gasteiger partial charge < -0.3 is 5.32 Å². The van der Waals surface area contributed by atoms with E-state index in [0.717, 1.165) is 18.2 Å². The maximum atomic E-state index is 5.46. The quantitative estimate of drug-likeness (QED) is 0.324. The van der Waals surface area contributed by atoms with Gasteiger partial charge >= 0.3 is 0 Å². The summed E-state index contributed by atoms with van der Waals surface area (Å²) in [5.41, 5.74) is 3.61. The summed E-state index contributed by atoms with van der Waals surface area (Å²) in [5, 5.41) is 3.17. The molecule has 4 N–H and O–H groups in total. The van der Waals surface area contributed by atoms with Gasteiger partial charge in [-0.3, -0.25) is 10.4 Å². The zero-order valence-electron chi connectivity index (χ0n) is 10.0. The second-order valence-corrected chi connectivity index (χ2v) is 4.48. The Morgan fingerprint density at radius 1 is 1.24 bits per heavy atom. The number of nitrogens with two attached hydrogens (primary N) is 1. The highest BCUT2D eigenvalue weighted by molar-refractivity contribution is 5.93. The molecule has 1 aromatic rings. The fourth-order valence-corrected chi connectivity index (χ4v) is 2.19. The molecule has 1 aromatic carbocycles. The van der Waals surface area contributed by atoms with E-state index in [1.807, 2.05) is 30.3 Å². The Kier molecular flexibility index (Phi) is 4.38. The van der Waals surface area contributed by atoms with Gasteiger partial charge in [0, 0.05) is 12.2 Å². The smallest absolute Gasteiger partial charge is 0.210 e. The van der Waals surface area contributed by atoms with Crippen LogP contribution in [0, 0.1) is 5.92 Å². The molecule has 0 heterocycles. The highest BCUT2D eigenvalue weighted by atomic mass is 15.3. The van der Waals surface area contributed by atoms with E-state index in [4.69, 9.17) is 5.84 Å². The molecule has 1 fully saturated rings. The number of aliphatic imine (C=N–C) groups is 1. The molecule has 0 bridgehead atoms. The van der Waals surface area contributed by atoms with Crippen molar-refractivity contribution in [1.82, 2.24) is 5.43 Å². The number of hydrogen-bond donors (Lipinski definition) is 3. The van der Waals surface area contributed by atoms with Gasteiger partial charge in [-0.2, -0.15) is 0 Å². The van der Waals surface area contributed by atoms with Crippen molar-refractivity contribution in [2.45, 2.75) is 25.7 Å². The van der Waals surface area contributed by atoms with Crippen molar-refractivity contribution in [1.29, 1.82) is 0 Å². The Bertz CT molecular complexity index is 355. The Hall–Kier alpha value is -1.55. The average molecular weight is 232 g/mol. The van der Waals surface area contributed by atoms with E-state index < -0.39 is 0 Å². The van der Waals surface area contributed by atoms with Crippen molar-refractivity contribution in [3.8, 4) is 0 Å². The van der Waals surface area contributed by atoms with E-state index in [2.05, 4.69) is 15.7 Å². The molecule has 0 radical (unpaired) electrons. The fraction of sp³-hybridized carbons (Fsp3) is 0.462. The van der Waals surface area contributed by atoms with Crippen LogP contribution in [0.25, 0.3) is 0 Å². The molecule has 0 aliphatic heterocycles. The minimum absolute atomic E-state index is 0.642. The van der Waals surface area contributed by atoms with Crippen molar-refractivity contribution in [2.24, 2.45) is 16.8 Å². The average Bonchev–Trinajstić information content (AvgIpc) is 2.89. The SMILES string of the molecule is NNC(=NCC1CCCC1)Nc1ccccc1. The topological polar surface area (TPSA) is 62.4 Å². The molecule has 0 aromatic heterocycles. The lowest BCUT2D eigenvalue weighted by molar-refractivity contribution is 0.562. The van der Waals surface area contributed by atoms with Gasteiger partial charge in [0.15, 0.2) is 0 Å². The van der Waals surface area contributed by atoms with Crippen LogP contribution in [0.2, 0.25) is 0 Å². The highest BCUT2D eigenvalue weighted by Crippen LogP contribution is 2.24. The van der Waals surface area contributed by atoms with Gasteiger partial charge in [0.2, 0.25) is 5.96 Å². The van der Waals surface area contributed by atoms with E-state index in [1.54, 1.807) is 0 Å². The predicted octanol–water partition coefficient (Wildman–Crippen LogP) is 2.11. The van der Waals surface area contributed by atoms with E-state index in [9.17, 15) is 0 Å². The molecule has 0 unspecified atom stereocenters. The summed E-state index contributed by atoms with van der Waals surface area (Å²) in [5.74, 6) is 6.84. The Labute approximate surface area is 102 Å². The van der Waals surface area contributed by atoms with Gasteiger partial charge in [-0.05, 0) is 30.9 Å². The molecule has 2 rings (SSSR count). The van der Waals surface area contributed by atoms with Gasteiger partial charge in [0.25, 0.3) is 0 Å². The molecule has 4 heteroatoms. The number of hydrogen-bond acceptors (Lipinski definition) is 2. The summed E-state index contributed by atoms with van der Waals surface area (Å²) >= 11 is 0. The summed E-state index contributed by atoms with van der Waals surface area (Å²) in [7, 11) is 0. The molecule has 0 spiro atoms. The number of guanidine groups is 1. The fourth-order valence-electron chi connectivity index (χ4n) is 2.19. The van der Waals surface area contributed by atoms with Crippen LogP contribution in [0.4, 0.5) is 5.69 Å². The van der Waals surface area contributed by atoms with Crippen molar-refractivity contribution < 1.29 is 0 Å². The molecule has 92 valence electrons. The standard InChI is InChI=1S/C13H20N4/c14-17-13(15-10-11-6-4-5-7-11)16-12-8-2-1-3-9-12/h1-3,8-9,11H,4-7,10,14H2,(H2,15,16,17). The lowest BCUT2D eigenvalue weighted by atomic mass is 10.1. The molecule has 1 aliphatic carbocycles. The summed E-state index contributed by atoms with van der Waals surface area (Å²) in [4.78, 5) is 4.49. The molecule has 4 nitrogen and oxygen atoms in total. The molecular formula is C13H20N4. The summed E-state index contributed by atoms with van der Waals surface area (Å²) in [6.07, 6.45) is 5.29. The van der Waals surface area contributed by atoms with Crippen LogP contribution in [0.1, 0.15) is 25.7 Å². The minimum Gasteiger partial charge on any atom is -0.325 e. The third-order valence-electron chi connectivity index (χ3n) is 3.16. The van der Waals surface area contributed by atoms with Crippen molar-refractivity contribution in [2.75, 3.05) is 11.9 Å². The van der Waals surface area contributed by atoms with Gasteiger partial charge in [0.05, 0.1) is 0 Å². The summed E-state index contributed by atoms with van der Waals surface area (Å²) in [6.45, 7) is 0.860. The Morgan fingerprint density at radius 2 is 1.94 bits per heavy atom. The molecule has 0 atom stereocenters. The third-order valence-corrected chi connectivity index (χ3v) is 3.16. The molecule has 1 aliphatic rings. The molecule has 0 saturated heterocycles. The second kappa shape index (κ2) is 6.25. The number of para-hydroxylation sites is 1. The first kappa shape index (κ1) is 11.9. The number of nitrogens with one attached hydrogen (secondary N) is 2. The van der Waals surface area contributed by atoms with Crippen molar-refractivity contribution >= 4 is 11.6 Å². The van der Waals surface area contributed by atoms with Crippen LogP contribution in [0.15, 0.2) is 35.3 Å². The lowest BCUT2D eigenvalue weighted by Gasteiger charge is -2.10. The lowest BCUT2D eigenvalue weighted by Crippen LogP contribution is -2.36. The van der Waals surface area contributed by atoms with Gasteiger partial charge in [-0.25, -0.2) is 5.84 Å². The summed E-state index contributed by atoms with van der Waals surface area (Å²) < 4.78 is 0. The van der Waals surface area contributed by atoms with E-state index in [1.165, 1.54) is 25.7 Å². The van der Waals surface area contributed by atoms with Gasteiger partial charge in [-0.15, -0.1) is 0 Å². The van der Waals surface area contributed by atoms with Crippen LogP contribution in [0.5, 0.6) is 0 Å². The van der Waals surface area contributed by atoms with Crippen molar-refractivity contribution in [3.05, 3.63) is 30.3 Å². The third kappa shape index (κ3) is 3.75. The molecule has 1 saturated carbocycles. The van der Waals surface area contributed by atoms with E-state index in [0.29, 0.717) is 5.96 Å². The first-order chi connectivity index (χ1) is 8.38. The van der Waals surface area contributed by atoms with Crippen LogP contribution in [-0.4, -0.2) is 12.5 Å². The largest absolute Gasteiger partial charge is 0.325 e. The van der Waals surface area contributed by atoms with E-state index in [-0.39, 0.29) is 0 Å². The Morgan fingerprint density at radius 3 is 2.59 bits per heavy atom. The maximum Gasteiger partial charge on any atom is 0.210 e. The zero-order valence-corrected chi connectivity index (χ0v) is 10.0. The summed E-state index contributed by atoms with van der Waals surface area (Å²) in [6, 6.07) is 9.92. The van der Waals surface area contributed by atoms with Crippen LogP contribution >= 0.6 is 0 Å². The van der Waals surface area contributed by atoms with Crippen molar-refractivity contribution in [3.63, 3.8) is 0 Å². The van der Waals surface area contributed by atoms with Gasteiger partial charge in [0.1, 0.15) is 0 Å². The van der Waals surface area contributed by atoms with Gasteiger partial charge in [-0.1, -0.05) is 31.0 Å². The maximum absolute atomic E-state index is 5.46. The molecular weight excluding hydrogens is 212 g/mol. The first-order valence-corrected chi connectivity index (χ1v) is 6.21. The molecule has 0 amide bonds. The number of nitrogens with zero attached hydrogens (tertiary/aromatic N) is 1. The predicted molar refractivity (Wildman–Crippen MR) is 71.6 cm³/mol. The normalized spacial score (nSPS) is 17.1. The van der Waals surface area contributed by atoms with E-state index >= 15 is 0 Å². The number of benzene rings is 1. The number of anilines is 1. The number of rotatable bonds is 3.